The second kappa shape index (κ2) is 5.60. The highest BCUT2D eigenvalue weighted by molar-refractivity contribution is 6.12. The van der Waals surface area contributed by atoms with Crippen molar-refractivity contribution < 1.29 is 18.7 Å². The zero-order valence-corrected chi connectivity index (χ0v) is 13.7. The van der Waals surface area contributed by atoms with E-state index in [1.54, 1.807) is 13.0 Å². The molecule has 0 unspecified atom stereocenters. The fourth-order valence-electron chi connectivity index (χ4n) is 2.81. The second-order valence-corrected chi connectivity index (χ2v) is 5.70. The van der Waals surface area contributed by atoms with Gasteiger partial charge in [-0.25, -0.2) is 4.39 Å². The molecule has 0 aliphatic carbocycles. The number of nitrogens with zero attached hydrogens (tertiary/aromatic N) is 2. The molecule has 0 saturated heterocycles. The number of rotatable bonds is 2. The van der Waals surface area contributed by atoms with Gasteiger partial charge in [0.25, 0.3) is 5.56 Å². The van der Waals surface area contributed by atoms with Crippen LogP contribution in [0.3, 0.4) is 0 Å². The van der Waals surface area contributed by atoms with Crippen LogP contribution in [0.5, 0.6) is 5.88 Å². The number of aryl methyl sites for hydroxylation is 1. The Balaban J connectivity index is 2.31. The molecule has 0 saturated carbocycles. The highest BCUT2D eigenvalue weighted by Gasteiger charge is 2.27. The van der Waals surface area contributed by atoms with Gasteiger partial charge in [-0.05, 0) is 37.6 Å². The minimum atomic E-state index is -0.697. The van der Waals surface area contributed by atoms with Gasteiger partial charge in [0.05, 0.1) is 5.56 Å². The number of benzene rings is 1. The van der Waals surface area contributed by atoms with Gasteiger partial charge in [-0.1, -0.05) is 0 Å². The third-order valence-corrected chi connectivity index (χ3v) is 4.25. The van der Waals surface area contributed by atoms with Gasteiger partial charge in [0.15, 0.2) is 5.76 Å². The smallest absolute Gasteiger partial charge is 0.271 e. The van der Waals surface area contributed by atoms with Gasteiger partial charge < -0.3 is 9.52 Å². The molecule has 0 bridgehead atoms. The standard InChI is InChI=1S/C18H13FN2O4/c1-8-12(7-20)17(23)21(3)18(24)14(8)15(22)16-9(2)11-6-10(19)4-5-13(11)25-16/h4-6,24H,1-3H3. The summed E-state index contributed by atoms with van der Waals surface area (Å²) in [5, 5.41) is 19.9. The molecule has 3 rings (SSSR count). The molecule has 6 nitrogen and oxygen atoms in total. The fraction of sp³-hybridized carbons (Fsp3) is 0.167. The predicted octanol–water partition coefficient (Wildman–Crippen LogP) is 2.70. The van der Waals surface area contributed by atoms with Crippen molar-refractivity contribution in [1.29, 1.82) is 5.26 Å². The molecule has 25 heavy (non-hydrogen) atoms. The van der Waals surface area contributed by atoms with Gasteiger partial charge >= 0.3 is 0 Å². The number of hydrogen-bond acceptors (Lipinski definition) is 5. The Morgan fingerprint density at radius 1 is 1.32 bits per heavy atom. The summed E-state index contributed by atoms with van der Waals surface area (Å²) in [5.41, 5.74) is -0.322. The molecule has 1 N–H and O–H groups in total. The van der Waals surface area contributed by atoms with Gasteiger partial charge in [0.2, 0.25) is 11.7 Å². The van der Waals surface area contributed by atoms with E-state index in [0.29, 0.717) is 16.5 Å². The maximum Gasteiger partial charge on any atom is 0.271 e. The van der Waals surface area contributed by atoms with Gasteiger partial charge in [0, 0.05) is 18.0 Å². The number of pyridine rings is 1. The van der Waals surface area contributed by atoms with E-state index < -0.39 is 23.0 Å². The quantitative estimate of drug-likeness (QED) is 0.724. The molecule has 0 atom stereocenters. The van der Waals surface area contributed by atoms with Gasteiger partial charge in [0.1, 0.15) is 23.0 Å². The van der Waals surface area contributed by atoms with Crippen molar-refractivity contribution >= 4 is 16.8 Å². The summed E-state index contributed by atoms with van der Waals surface area (Å²) in [6.45, 7) is 3.00. The molecule has 0 amide bonds. The summed E-state index contributed by atoms with van der Waals surface area (Å²) in [4.78, 5) is 24.9. The van der Waals surface area contributed by atoms with Crippen LogP contribution in [-0.4, -0.2) is 15.5 Å². The van der Waals surface area contributed by atoms with Crippen LogP contribution in [0.2, 0.25) is 0 Å². The molecule has 126 valence electrons. The lowest BCUT2D eigenvalue weighted by molar-refractivity contribution is 0.101. The molecule has 7 heteroatoms. The molecule has 0 aliphatic heterocycles. The minimum absolute atomic E-state index is 0.0686. The maximum absolute atomic E-state index is 13.4. The molecule has 3 aromatic rings. The van der Waals surface area contributed by atoms with E-state index >= 15 is 0 Å². The van der Waals surface area contributed by atoms with E-state index in [4.69, 9.17) is 9.68 Å². The highest BCUT2D eigenvalue weighted by atomic mass is 19.1. The molecular weight excluding hydrogens is 327 g/mol. The van der Waals surface area contributed by atoms with Gasteiger partial charge in [-0.3, -0.25) is 14.2 Å². The largest absolute Gasteiger partial charge is 0.494 e. The number of carbonyl (C=O) groups excluding carboxylic acids is 1. The van der Waals surface area contributed by atoms with Crippen molar-refractivity contribution in [2.24, 2.45) is 7.05 Å². The van der Waals surface area contributed by atoms with Crippen LogP contribution in [0, 0.1) is 31.0 Å². The Morgan fingerprint density at radius 2 is 2.00 bits per heavy atom. The van der Waals surface area contributed by atoms with Crippen LogP contribution >= 0.6 is 0 Å². The summed E-state index contributed by atoms with van der Waals surface area (Å²) in [6, 6.07) is 5.62. The zero-order valence-electron chi connectivity index (χ0n) is 13.7. The molecule has 1 aromatic carbocycles. The zero-order chi connectivity index (χ0) is 18.5. The van der Waals surface area contributed by atoms with Crippen LogP contribution < -0.4 is 5.56 Å². The van der Waals surface area contributed by atoms with Crippen LogP contribution in [0.4, 0.5) is 4.39 Å². The third kappa shape index (κ3) is 2.31. The first-order valence-electron chi connectivity index (χ1n) is 7.34. The number of hydrogen-bond donors (Lipinski definition) is 1. The summed E-state index contributed by atoms with van der Waals surface area (Å²) in [7, 11) is 1.26. The second-order valence-electron chi connectivity index (χ2n) is 5.70. The Hall–Kier alpha value is -3.40. The summed E-state index contributed by atoms with van der Waals surface area (Å²) < 4.78 is 19.8. The molecular formula is C18H13FN2O4. The van der Waals surface area contributed by atoms with Gasteiger partial charge in [-0.15, -0.1) is 0 Å². The average Bonchev–Trinajstić information content (AvgIpc) is 2.90. The van der Waals surface area contributed by atoms with Crippen molar-refractivity contribution in [3.63, 3.8) is 0 Å². The summed E-state index contributed by atoms with van der Waals surface area (Å²) in [5.74, 6) is -1.79. The van der Waals surface area contributed by atoms with Crippen molar-refractivity contribution in [3.05, 3.63) is 62.4 Å². The number of furan rings is 1. The molecule has 0 spiro atoms. The Kier molecular flexibility index (Phi) is 3.68. The number of aromatic nitrogens is 1. The lowest BCUT2D eigenvalue weighted by Gasteiger charge is -2.11. The molecule has 2 heterocycles. The topological polar surface area (TPSA) is 96.2 Å². The van der Waals surface area contributed by atoms with Crippen molar-refractivity contribution in [1.82, 2.24) is 4.57 Å². The third-order valence-electron chi connectivity index (χ3n) is 4.25. The maximum atomic E-state index is 13.4. The van der Waals surface area contributed by atoms with Gasteiger partial charge in [-0.2, -0.15) is 5.26 Å². The number of ketones is 1. The Morgan fingerprint density at radius 3 is 2.64 bits per heavy atom. The van der Waals surface area contributed by atoms with Crippen molar-refractivity contribution in [2.45, 2.75) is 13.8 Å². The number of nitriles is 1. The van der Waals surface area contributed by atoms with Crippen molar-refractivity contribution in [3.8, 4) is 11.9 Å². The van der Waals surface area contributed by atoms with E-state index in [1.807, 2.05) is 0 Å². The number of carbonyl (C=O) groups is 1. The van der Waals surface area contributed by atoms with Crippen molar-refractivity contribution in [2.75, 3.05) is 0 Å². The molecule has 2 aromatic heterocycles. The fourth-order valence-corrected chi connectivity index (χ4v) is 2.81. The summed E-state index contributed by atoms with van der Waals surface area (Å²) >= 11 is 0. The Labute approximate surface area is 141 Å². The monoisotopic (exact) mass is 340 g/mol. The molecule has 0 aliphatic rings. The average molecular weight is 340 g/mol. The van der Waals surface area contributed by atoms with E-state index in [0.717, 1.165) is 4.57 Å². The first-order valence-corrected chi connectivity index (χ1v) is 7.34. The van der Waals surface area contributed by atoms with Crippen LogP contribution in [0.1, 0.15) is 32.8 Å². The lowest BCUT2D eigenvalue weighted by atomic mass is 9.98. The van der Waals surface area contributed by atoms with Crippen LogP contribution in [0.25, 0.3) is 11.0 Å². The first-order chi connectivity index (χ1) is 11.8. The SMILES string of the molecule is Cc1c(C(=O)c2oc3ccc(F)cc3c2C)c(O)n(C)c(=O)c1C#N. The van der Waals surface area contributed by atoms with E-state index in [1.165, 1.54) is 32.2 Å². The number of aromatic hydroxyl groups is 1. The van der Waals surface area contributed by atoms with E-state index in [-0.39, 0.29) is 22.5 Å². The van der Waals surface area contributed by atoms with Crippen LogP contribution in [-0.2, 0) is 7.05 Å². The van der Waals surface area contributed by atoms with E-state index in [2.05, 4.69) is 0 Å². The number of halogens is 1. The summed E-state index contributed by atoms with van der Waals surface area (Å²) in [6.07, 6.45) is 0. The minimum Gasteiger partial charge on any atom is -0.494 e. The van der Waals surface area contributed by atoms with E-state index in [9.17, 15) is 19.1 Å². The first kappa shape index (κ1) is 16.5. The molecule has 0 radical (unpaired) electrons. The highest BCUT2D eigenvalue weighted by Crippen LogP contribution is 2.31. The number of fused-ring (bicyclic) bond motifs is 1. The molecule has 0 fully saturated rings. The predicted molar refractivity (Wildman–Crippen MR) is 87.1 cm³/mol. The Bertz CT molecular complexity index is 1150. The normalized spacial score (nSPS) is 10.8. The van der Waals surface area contributed by atoms with Crippen LogP contribution in [0.15, 0.2) is 27.4 Å². The lowest BCUT2D eigenvalue weighted by Crippen LogP contribution is -2.24.